The molecule has 0 saturated carbocycles. The fraction of sp³-hybridized carbons (Fsp3) is 0.458. The lowest BCUT2D eigenvalue weighted by Crippen LogP contribution is -2.60. The van der Waals surface area contributed by atoms with Gasteiger partial charge >= 0.3 is 0 Å². The summed E-state index contributed by atoms with van der Waals surface area (Å²) in [6.07, 6.45) is 10.3. The number of aryl methyl sites for hydroxylation is 2. The van der Waals surface area contributed by atoms with Crippen molar-refractivity contribution >= 4 is 11.8 Å². The standard InChI is InChI=1S/C48H64N4O2/c1-41-21-15-17-27-45(41)39-51(35-29-49(30-36-51)47(53)43-23-11-9-12-24-43)33-19-7-5-3-4-6-8-20-34-52(40-46-28-18-16-22-42(46)2)37-31-50(32-38-52)48(54)44-25-13-10-14-26-44/h9-18,21-28H,3-8,19-20,29-40H2,1-2H3/q+2. The molecule has 0 N–H and O–H groups in total. The first-order valence-corrected chi connectivity index (χ1v) is 20.8. The van der Waals surface area contributed by atoms with Crippen LogP contribution in [0.5, 0.6) is 0 Å². The van der Waals surface area contributed by atoms with Gasteiger partial charge < -0.3 is 18.8 Å². The summed E-state index contributed by atoms with van der Waals surface area (Å²) in [5.74, 6) is 0.343. The van der Waals surface area contributed by atoms with E-state index in [0.29, 0.717) is 0 Å². The number of amides is 2. The van der Waals surface area contributed by atoms with Crippen LogP contribution < -0.4 is 0 Å². The summed E-state index contributed by atoms with van der Waals surface area (Å²) >= 11 is 0. The number of quaternary nitrogens is 2. The molecule has 2 aliphatic heterocycles. The number of carbonyl (C=O) groups is 2. The van der Waals surface area contributed by atoms with Gasteiger partial charge in [-0.25, -0.2) is 0 Å². The van der Waals surface area contributed by atoms with Crippen molar-refractivity contribution in [2.45, 2.75) is 78.3 Å². The average molecular weight is 729 g/mol. The van der Waals surface area contributed by atoms with Gasteiger partial charge in [0.05, 0.1) is 65.4 Å². The molecule has 2 heterocycles. The van der Waals surface area contributed by atoms with Crippen molar-refractivity contribution in [1.82, 2.24) is 9.80 Å². The summed E-state index contributed by atoms with van der Waals surface area (Å²) in [5.41, 5.74) is 7.25. The predicted octanol–water partition coefficient (Wildman–Crippen LogP) is 9.07. The molecule has 0 spiro atoms. The van der Waals surface area contributed by atoms with E-state index in [-0.39, 0.29) is 11.8 Å². The Morgan fingerprint density at radius 2 is 0.759 bits per heavy atom. The van der Waals surface area contributed by atoms with E-state index >= 15 is 0 Å². The van der Waals surface area contributed by atoms with Gasteiger partial charge in [-0.3, -0.25) is 9.59 Å². The number of rotatable bonds is 17. The molecule has 54 heavy (non-hydrogen) atoms. The summed E-state index contributed by atoms with van der Waals surface area (Å²) in [6.45, 7) is 16.4. The summed E-state index contributed by atoms with van der Waals surface area (Å²) in [5, 5.41) is 0. The number of hydrogen-bond donors (Lipinski definition) is 0. The van der Waals surface area contributed by atoms with Gasteiger partial charge in [0.15, 0.2) is 0 Å². The maximum Gasteiger partial charge on any atom is 0.254 e. The molecule has 6 rings (SSSR count). The molecule has 4 aromatic rings. The molecule has 6 nitrogen and oxygen atoms in total. The number of hydrogen-bond acceptors (Lipinski definition) is 2. The second kappa shape index (κ2) is 19.4. The Hall–Kier alpha value is -4.26. The quantitative estimate of drug-likeness (QED) is 0.0805. The van der Waals surface area contributed by atoms with E-state index in [1.807, 2.05) is 60.7 Å². The number of benzene rings is 4. The molecule has 0 bridgehead atoms. The molecule has 0 aromatic heterocycles. The highest BCUT2D eigenvalue weighted by molar-refractivity contribution is 5.94. The summed E-state index contributed by atoms with van der Waals surface area (Å²) in [7, 11) is 0. The Morgan fingerprint density at radius 1 is 0.444 bits per heavy atom. The topological polar surface area (TPSA) is 40.6 Å². The molecule has 2 saturated heterocycles. The van der Waals surface area contributed by atoms with Gasteiger partial charge in [-0.2, -0.15) is 0 Å². The number of nitrogens with zero attached hydrogens (tertiary/aromatic N) is 4. The van der Waals surface area contributed by atoms with Crippen LogP contribution in [0.15, 0.2) is 109 Å². The van der Waals surface area contributed by atoms with E-state index in [1.165, 1.54) is 86.7 Å². The minimum atomic E-state index is 0.172. The summed E-state index contributed by atoms with van der Waals surface area (Å²) in [6, 6.07) is 37.3. The highest BCUT2D eigenvalue weighted by Gasteiger charge is 2.36. The van der Waals surface area contributed by atoms with E-state index in [9.17, 15) is 9.59 Å². The SMILES string of the molecule is Cc1ccccc1C[N+]1(CCCCCCCCCC[N+]2(Cc3ccccc3C)CCN(C(=O)c3ccccc3)CC2)CCN(C(=O)c2ccccc2)CC1. The Kier molecular flexibility index (Phi) is 14.1. The van der Waals surface area contributed by atoms with E-state index in [2.05, 4.69) is 72.2 Å². The van der Waals surface area contributed by atoms with Crippen LogP contribution in [-0.4, -0.2) is 96.0 Å². The molecular weight excluding hydrogens is 665 g/mol. The van der Waals surface area contributed by atoms with E-state index in [0.717, 1.165) is 85.5 Å². The van der Waals surface area contributed by atoms with Crippen molar-refractivity contribution in [2.24, 2.45) is 0 Å². The van der Waals surface area contributed by atoms with Crippen LogP contribution in [0.2, 0.25) is 0 Å². The molecule has 4 aromatic carbocycles. The van der Waals surface area contributed by atoms with Crippen LogP contribution in [0.4, 0.5) is 0 Å². The molecule has 2 amide bonds. The largest absolute Gasteiger partial charge is 0.327 e. The third-order valence-electron chi connectivity index (χ3n) is 12.5. The molecule has 0 radical (unpaired) electrons. The third-order valence-corrected chi connectivity index (χ3v) is 12.5. The first-order valence-electron chi connectivity index (χ1n) is 20.8. The van der Waals surface area contributed by atoms with Crippen LogP contribution in [-0.2, 0) is 13.1 Å². The van der Waals surface area contributed by atoms with E-state index < -0.39 is 0 Å². The predicted molar refractivity (Wildman–Crippen MR) is 221 cm³/mol. The van der Waals surface area contributed by atoms with Gasteiger partial charge in [0.1, 0.15) is 13.1 Å². The molecule has 2 aliphatic rings. The van der Waals surface area contributed by atoms with Gasteiger partial charge in [-0.15, -0.1) is 0 Å². The molecule has 0 unspecified atom stereocenters. The van der Waals surface area contributed by atoms with Crippen LogP contribution in [0.25, 0.3) is 0 Å². The number of piperazine rings is 2. The zero-order valence-electron chi connectivity index (χ0n) is 33.1. The highest BCUT2D eigenvalue weighted by Crippen LogP contribution is 2.26. The Morgan fingerprint density at radius 3 is 1.11 bits per heavy atom. The van der Waals surface area contributed by atoms with Gasteiger partial charge in [0.2, 0.25) is 0 Å². The van der Waals surface area contributed by atoms with E-state index in [1.54, 1.807) is 0 Å². The second-order valence-corrected chi connectivity index (χ2v) is 16.3. The third kappa shape index (κ3) is 10.7. The lowest BCUT2D eigenvalue weighted by Gasteiger charge is -2.45. The van der Waals surface area contributed by atoms with Crippen LogP contribution in [0.1, 0.15) is 94.3 Å². The molecule has 286 valence electrons. The minimum absolute atomic E-state index is 0.172. The maximum absolute atomic E-state index is 13.2. The van der Waals surface area contributed by atoms with Gasteiger partial charge in [-0.05, 0) is 74.9 Å². The van der Waals surface area contributed by atoms with E-state index in [4.69, 9.17) is 0 Å². The Bertz CT molecular complexity index is 1630. The van der Waals surface area contributed by atoms with Crippen molar-refractivity contribution in [1.29, 1.82) is 0 Å². The minimum Gasteiger partial charge on any atom is -0.327 e. The van der Waals surface area contributed by atoms with Gasteiger partial charge in [-0.1, -0.05) is 111 Å². The van der Waals surface area contributed by atoms with Crippen LogP contribution in [0.3, 0.4) is 0 Å². The molecule has 0 aliphatic carbocycles. The molecule has 2 fully saturated rings. The van der Waals surface area contributed by atoms with Crippen molar-refractivity contribution in [3.8, 4) is 0 Å². The lowest BCUT2D eigenvalue weighted by molar-refractivity contribution is -0.944. The number of unbranched alkanes of at least 4 members (excludes halogenated alkanes) is 7. The van der Waals surface area contributed by atoms with Crippen LogP contribution >= 0.6 is 0 Å². The summed E-state index contributed by atoms with van der Waals surface area (Å²) < 4.78 is 2.17. The summed E-state index contributed by atoms with van der Waals surface area (Å²) in [4.78, 5) is 30.6. The van der Waals surface area contributed by atoms with Gasteiger partial charge in [0, 0.05) is 22.3 Å². The smallest absolute Gasteiger partial charge is 0.254 e. The first-order chi connectivity index (χ1) is 26.4. The zero-order valence-corrected chi connectivity index (χ0v) is 33.1. The normalized spacial score (nSPS) is 16.6. The van der Waals surface area contributed by atoms with Crippen molar-refractivity contribution in [3.63, 3.8) is 0 Å². The lowest BCUT2D eigenvalue weighted by atomic mass is 10.0. The fourth-order valence-corrected chi connectivity index (χ4v) is 8.89. The maximum atomic E-state index is 13.2. The molecular formula is C48H64N4O2+2. The van der Waals surface area contributed by atoms with Gasteiger partial charge in [0.25, 0.3) is 11.8 Å². The molecule has 6 heteroatoms. The Balaban J connectivity index is 0.931. The monoisotopic (exact) mass is 729 g/mol. The Labute approximate surface area is 325 Å². The van der Waals surface area contributed by atoms with Crippen molar-refractivity contribution < 1.29 is 18.6 Å². The number of carbonyl (C=O) groups excluding carboxylic acids is 2. The zero-order chi connectivity index (χ0) is 37.6. The molecule has 0 atom stereocenters. The first kappa shape index (κ1) is 39.4. The second-order valence-electron chi connectivity index (χ2n) is 16.3. The van der Waals surface area contributed by atoms with Crippen molar-refractivity contribution in [2.75, 3.05) is 65.4 Å². The van der Waals surface area contributed by atoms with Crippen molar-refractivity contribution in [3.05, 3.63) is 143 Å². The highest BCUT2D eigenvalue weighted by atomic mass is 16.2. The van der Waals surface area contributed by atoms with Crippen LogP contribution in [0, 0.1) is 13.8 Å². The average Bonchev–Trinajstić information content (AvgIpc) is 3.21. The fourth-order valence-electron chi connectivity index (χ4n) is 8.89.